The molecule has 0 fully saturated rings. The summed E-state index contributed by atoms with van der Waals surface area (Å²) in [5, 5.41) is 12.1. The quantitative estimate of drug-likeness (QED) is 0.409. The number of aryl methyl sites for hydroxylation is 3. The van der Waals surface area contributed by atoms with Gasteiger partial charge in [0.15, 0.2) is 5.65 Å². The number of amides is 1. The van der Waals surface area contributed by atoms with Crippen LogP contribution in [0.5, 0.6) is 0 Å². The summed E-state index contributed by atoms with van der Waals surface area (Å²) in [7, 11) is 0. The van der Waals surface area contributed by atoms with Gasteiger partial charge in [0.2, 0.25) is 11.9 Å². The fourth-order valence-electron chi connectivity index (χ4n) is 3.81. The van der Waals surface area contributed by atoms with E-state index in [0.29, 0.717) is 35.4 Å². The number of aromatic nitrogens is 6. The molecule has 0 aliphatic carbocycles. The lowest BCUT2D eigenvalue weighted by atomic mass is 10.1. The van der Waals surface area contributed by atoms with Gasteiger partial charge in [-0.25, -0.2) is 4.68 Å². The number of hydrogen-bond acceptors (Lipinski definition) is 5. The molecular formula is C25H23N7O2. The first kappa shape index (κ1) is 21.3. The van der Waals surface area contributed by atoms with Gasteiger partial charge in [-0.15, -0.1) is 0 Å². The van der Waals surface area contributed by atoms with Crippen molar-refractivity contribution >= 4 is 22.8 Å². The molecule has 5 aromatic rings. The van der Waals surface area contributed by atoms with Crippen molar-refractivity contribution in [2.45, 2.75) is 26.7 Å². The molecule has 0 saturated heterocycles. The van der Waals surface area contributed by atoms with Gasteiger partial charge in [-0.1, -0.05) is 42.5 Å². The minimum Gasteiger partial charge on any atom is -0.310 e. The molecule has 34 heavy (non-hydrogen) atoms. The van der Waals surface area contributed by atoms with E-state index in [4.69, 9.17) is 0 Å². The number of aromatic amines is 1. The van der Waals surface area contributed by atoms with Gasteiger partial charge < -0.3 is 5.32 Å². The third-order valence-electron chi connectivity index (χ3n) is 5.46. The van der Waals surface area contributed by atoms with Gasteiger partial charge in [0.1, 0.15) is 11.2 Å². The number of H-pyrrole nitrogens is 1. The molecule has 0 radical (unpaired) electrons. The van der Waals surface area contributed by atoms with Gasteiger partial charge in [0, 0.05) is 12.5 Å². The minimum atomic E-state index is -0.339. The van der Waals surface area contributed by atoms with Crippen LogP contribution < -0.4 is 10.9 Å². The molecular weight excluding hydrogens is 430 g/mol. The van der Waals surface area contributed by atoms with Crippen LogP contribution in [-0.4, -0.2) is 35.4 Å². The Morgan fingerprint density at radius 2 is 1.85 bits per heavy atom. The molecule has 0 aliphatic heterocycles. The van der Waals surface area contributed by atoms with Crippen LogP contribution in [0.1, 0.15) is 23.2 Å². The van der Waals surface area contributed by atoms with Crippen molar-refractivity contribution in [3.63, 3.8) is 0 Å². The van der Waals surface area contributed by atoms with E-state index >= 15 is 0 Å². The van der Waals surface area contributed by atoms with Gasteiger partial charge in [0.05, 0.1) is 17.6 Å². The van der Waals surface area contributed by atoms with E-state index in [1.165, 1.54) is 10.9 Å². The summed E-state index contributed by atoms with van der Waals surface area (Å²) in [5.74, 6) is 0.469. The molecule has 5 rings (SSSR count). The molecule has 170 valence electrons. The fourth-order valence-corrected chi connectivity index (χ4v) is 3.81. The maximum absolute atomic E-state index is 12.8. The summed E-state index contributed by atoms with van der Waals surface area (Å²) in [5.41, 5.74) is 3.68. The van der Waals surface area contributed by atoms with Gasteiger partial charge in [-0.05, 0) is 43.5 Å². The molecule has 3 aromatic heterocycles. The number of hydrogen-bond donors (Lipinski definition) is 2. The van der Waals surface area contributed by atoms with Crippen molar-refractivity contribution in [3.8, 4) is 11.6 Å². The fraction of sp³-hybridized carbons (Fsp3) is 0.160. The molecule has 3 heterocycles. The summed E-state index contributed by atoms with van der Waals surface area (Å²) in [4.78, 5) is 32.8. The second kappa shape index (κ2) is 8.78. The Morgan fingerprint density at radius 3 is 2.65 bits per heavy atom. The van der Waals surface area contributed by atoms with Gasteiger partial charge in [0.25, 0.3) is 5.56 Å². The Morgan fingerprint density at radius 1 is 1.03 bits per heavy atom. The number of nitrogens with one attached hydrogen (secondary N) is 2. The third-order valence-corrected chi connectivity index (χ3v) is 5.46. The van der Waals surface area contributed by atoms with Crippen molar-refractivity contribution in [2.75, 3.05) is 5.32 Å². The number of rotatable bonds is 6. The van der Waals surface area contributed by atoms with Crippen LogP contribution in [0.2, 0.25) is 0 Å². The summed E-state index contributed by atoms with van der Waals surface area (Å²) < 4.78 is 3.06. The molecule has 0 saturated carbocycles. The standard InChI is InChI=1S/C25H23N7O2/c1-16-7-6-10-19(13-16)31-23-20(15-26-31)24(34)29-25(28-23)32-21(14-17(2)30-32)27-22(33)12-11-18-8-4-3-5-9-18/h3-10,13-15H,11-12H2,1-2H3,(H,27,33)(H,28,29,34). The Kier molecular flexibility index (Phi) is 5.51. The van der Waals surface area contributed by atoms with E-state index < -0.39 is 0 Å². The lowest BCUT2D eigenvalue weighted by molar-refractivity contribution is -0.116. The third kappa shape index (κ3) is 4.23. The van der Waals surface area contributed by atoms with Crippen molar-refractivity contribution < 1.29 is 4.79 Å². The topological polar surface area (TPSA) is 110 Å². The molecule has 9 nitrogen and oxygen atoms in total. The number of benzene rings is 2. The lowest BCUT2D eigenvalue weighted by Crippen LogP contribution is -2.19. The second-order valence-electron chi connectivity index (χ2n) is 8.14. The average Bonchev–Trinajstić information content (AvgIpc) is 3.42. The van der Waals surface area contributed by atoms with Crippen LogP contribution in [0.4, 0.5) is 5.82 Å². The smallest absolute Gasteiger partial charge is 0.263 e. The molecule has 0 unspecified atom stereocenters. The predicted molar refractivity (Wildman–Crippen MR) is 129 cm³/mol. The summed E-state index contributed by atoms with van der Waals surface area (Å²) >= 11 is 0. The molecule has 0 bridgehead atoms. The normalized spacial score (nSPS) is 11.1. The van der Waals surface area contributed by atoms with Crippen LogP contribution in [-0.2, 0) is 11.2 Å². The van der Waals surface area contributed by atoms with Crippen LogP contribution in [0, 0.1) is 13.8 Å². The molecule has 0 aliphatic rings. The van der Waals surface area contributed by atoms with Crippen molar-refractivity contribution in [3.05, 3.63) is 94.0 Å². The Labute approximate surface area is 195 Å². The Balaban J connectivity index is 1.48. The van der Waals surface area contributed by atoms with Gasteiger partial charge in [-0.2, -0.15) is 19.9 Å². The van der Waals surface area contributed by atoms with E-state index in [-0.39, 0.29) is 17.4 Å². The highest BCUT2D eigenvalue weighted by Gasteiger charge is 2.17. The zero-order chi connectivity index (χ0) is 23.7. The first-order valence-electron chi connectivity index (χ1n) is 10.9. The van der Waals surface area contributed by atoms with E-state index in [0.717, 1.165) is 16.8 Å². The second-order valence-corrected chi connectivity index (χ2v) is 8.14. The monoisotopic (exact) mass is 453 g/mol. The first-order valence-corrected chi connectivity index (χ1v) is 10.9. The highest BCUT2D eigenvalue weighted by Crippen LogP contribution is 2.19. The van der Waals surface area contributed by atoms with E-state index in [2.05, 4.69) is 25.5 Å². The van der Waals surface area contributed by atoms with Crippen molar-refractivity contribution in [2.24, 2.45) is 0 Å². The number of nitrogens with zero attached hydrogens (tertiary/aromatic N) is 5. The van der Waals surface area contributed by atoms with E-state index in [9.17, 15) is 9.59 Å². The largest absolute Gasteiger partial charge is 0.310 e. The minimum absolute atomic E-state index is 0.154. The molecule has 9 heteroatoms. The summed E-state index contributed by atoms with van der Waals surface area (Å²) in [6.07, 6.45) is 2.43. The van der Waals surface area contributed by atoms with Crippen LogP contribution in [0.3, 0.4) is 0 Å². The van der Waals surface area contributed by atoms with Gasteiger partial charge in [-0.3, -0.25) is 14.6 Å². The summed E-state index contributed by atoms with van der Waals surface area (Å²) in [6, 6.07) is 19.3. The van der Waals surface area contributed by atoms with Gasteiger partial charge >= 0.3 is 0 Å². The molecule has 2 N–H and O–H groups in total. The SMILES string of the molecule is Cc1cccc(-n2ncc3c(=O)[nH]c(-n4nc(C)cc4NC(=O)CCc4ccccc4)nc32)c1. The maximum Gasteiger partial charge on any atom is 0.263 e. The molecule has 0 spiro atoms. The predicted octanol–water partition coefficient (Wildman–Crippen LogP) is 3.48. The zero-order valence-corrected chi connectivity index (χ0v) is 18.8. The van der Waals surface area contributed by atoms with E-state index in [1.807, 2.05) is 68.4 Å². The van der Waals surface area contributed by atoms with Crippen LogP contribution >= 0.6 is 0 Å². The zero-order valence-electron chi connectivity index (χ0n) is 18.8. The van der Waals surface area contributed by atoms with E-state index in [1.54, 1.807) is 10.7 Å². The lowest BCUT2D eigenvalue weighted by Gasteiger charge is -2.09. The van der Waals surface area contributed by atoms with Crippen LogP contribution in [0.25, 0.3) is 22.7 Å². The highest BCUT2D eigenvalue weighted by atomic mass is 16.1. The molecule has 2 aromatic carbocycles. The average molecular weight is 454 g/mol. The highest BCUT2D eigenvalue weighted by molar-refractivity contribution is 5.90. The van der Waals surface area contributed by atoms with Crippen LogP contribution in [0.15, 0.2) is 71.7 Å². The number of fused-ring (bicyclic) bond motifs is 1. The Bertz CT molecular complexity index is 1550. The van der Waals surface area contributed by atoms with Crippen molar-refractivity contribution in [1.29, 1.82) is 0 Å². The molecule has 1 amide bonds. The molecule has 0 atom stereocenters. The number of carbonyl (C=O) groups is 1. The summed E-state index contributed by atoms with van der Waals surface area (Å²) in [6.45, 7) is 3.80. The Hall–Kier alpha value is -4.53. The maximum atomic E-state index is 12.8. The first-order chi connectivity index (χ1) is 16.5. The number of anilines is 1. The van der Waals surface area contributed by atoms with Crippen molar-refractivity contribution in [1.82, 2.24) is 29.5 Å². The number of carbonyl (C=O) groups excluding carboxylic acids is 1.